The third-order valence-electron chi connectivity index (χ3n) is 2.46. The Morgan fingerprint density at radius 3 is 2.81 bits per heavy atom. The Kier molecular flexibility index (Phi) is 4.31. The highest BCUT2D eigenvalue weighted by Crippen LogP contribution is 2.19. The minimum atomic E-state index is -0.691. The Balaban J connectivity index is 2.72. The van der Waals surface area contributed by atoms with Crippen molar-refractivity contribution in [1.82, 2.24) is 4.90 Å². The van der Waals surface area contributed by atoms with Crippen LogP contribution in [0.25, 0.3) is 0 Å². The fourth-order valence-corrected chi connectivity index (χ4v) is 1.34. The van der Waals surface area contributed by atoms with Gasteiger partial charge in [0.05, 0.1) is 19.8 Å². The molecule has 16 heavy (non-hydrogen) atoms. The van der Waals surface area contributed by atoms with Gasteiger partial charge in [0.25, 0.3) is 0 Å². The van der Waals surface area contributed by atoms with E-state index in [0.29, 0.717) is 5.75 Å². The van der Waals surface area contributed by atoms with Crippen molar-refractivity contribution in [3.8, 4) is 5.75 Å². The van der Waals surface area contributed by atoms with Crippen molar-refractivity contribution in [3.05, 3.63) is 29.8 Å². The highest BCUT2D eigenvalue weighted by atomic mass is 16.5. The lowest BCUT2D eigenvalue weighted by atomic mass is 10.1. The molecule has 1 aromatic rings. The average molecular weight is 223 g/mol. The average Bonchev–Trinajstić information content (AvgIpc) is 2.28. The van der Waals surface area contributed by atoms with Gasteiger partial charge in [-0.1, -0.05) is 12.1 Å². The Labute approximate surface area is 95.5 Å². The van der Waals surface area contributed by atoms with Crippen molar-refractivity contribution in [1.29, 1.82) is 0 Å². The third kappa shape index (κ3) is 3.24. The second-order valence-electron chi connectivity index (χ2n) is 3.69. The Morgan fingerprint density at radius 1 is 1.56 bits per heavy atom. The number of carbonyl (C=O) groups is 1. The molecule has 0 aliphatic carbocycles. The summed E-state index contributed by atoms with van der Waals surface area (Å²) >= 11 is 0. The van der Waals surface area contributed by atoms with Crippen LogP contribution in [0.2, 0.25) is 0 Å². The lowest BCUT2D eigenvalue weighted by Crippen LogP contribution is -2.28. The summed E-state index contributed by atoms with van der Waals surface area (Å²) in [5, 5.41) is 9.91. The highest BCUT2D eigenvalue weighted by molar-refractivity contribution is 5.72. The first-order valence-corrected chi connectivity index (χ1v) is 5.08. The molecule has 88 valence electrons. The van der Waals surface area contributed by atoms with Crippen LogP contribution in [0.1, 0.15) is 18.6 Å². The second-order valence-corrected chi connectivity index (χ2v) is 3.69. The minimum absolute atomic E-state index is 0.0676. The van der Waals surface area contributed by atoms with Gasteiger partial charge in [-0.3, -0.25) is 4.79 Å². The lowest BCUT2D eigenvalue weighted by Gasteiger charge is -2.19. The molecule has 1 amide bonds. The number of carbonyl (C=O) groups excluding carboxylic acids is 1. The summed E-state index contributed by atoms with van der Waals surface area (Å²) in [6, 6.07) is 7.19. The molecule has 0 heterocycles. The highest BCUT2D eigenvalue weighted by Gasteiger charge is 2.12. The van der Waals surface area contributed by atoms with Gasteiger partial charge >= 0.3 is 0 Å². The first-order chi connectivity index (χ1) is 7.54. The number of likely N-dealkylation sites (N-methyl/N-ethyl adjacent to an activating group) is 1. The maximum atomic E-state index is 11.0. The summed E-state index contributed by atoms with van der Waals surface area (Å²) in [5.41, 5.74) is 0.743. The minimum Gasteiger partial charge on any atom is -0.497 e. The molecule has 0 fully saturated rings. The number of amides is 1. The van der Waals surface area contributed by atoms with E-state index < -0.39 is 6.10 Å². The van der Waals surface area contributed by atoms with Gasteiger partial charge in [-0.05, 0) is 17.7 Å². The molecule has 1 N–H and O–H groups in total. The maximum Gasteiger partial charge on any atom is 0.219 e. The van der Waals surface area contributed by atoms with Crippen molar-refractivity contribution in [2.45, 2.75) is 13.0 Å². The van der Waals surface area contributed by atoms with Gasteiger partial charge in [-0.2, -0.15) is 0 Å². The van der Waals surface area contributed by atoms with Crippen LogP contribution in [0.5, 0.6) is 5.75 Å². The second kappa shape index (κ2) is 5.51. The van der Waals surface area contributed by atoms with Gasteiger partial charge in [0.1, 0.15) is 5.75 Å². The van der Waals surface area contributed by atoms with Gasteiger partial charge in [0, 0.05) is 14.0 Å². The van der Waals surface area contributed by atoms with Gasteiger partial charge in [-0.25, -0.2) is 0 Å². The molecule has 1 aromatic carbocycles. The van der Waals surface area contributed by atoms with Crippen molar-refractivity contribution in [3.63, 3.8) is 0 Å². The summed E-state index contributed by atoms with van der Waals surface area (Å²) in [6.07, 6.45) is -0.691. The summed E-state index contributed by atoms with van der Waals surface area (Å²) < 4.78 is 5.07. The smallest absolute Gasteiger partial charge is 0.219 e. The van der Waals surface area contributed by atoms with E-state index in [2.05, 4.69) is 0 Å². The zero-order valence-corrected chi connectivity index (χ0v) is 9.80. The van der Waals surface area contributed by atoms with E-state index in [1.165, 1.54) is 11.8 Å². The number of methoxy groups -OCH3 is 1. The molecule has 4 heteroatoms. The van der Waals surface area contributed by atoms with Crippen LogP contribution in [0, 0.1) is 0 Å². The fraction of sp³-hybridized carbons (Fsp3) is 0.417. The predicted molar refractivity (Wildman–Crippen MR) is 61.3 cm³/mol. The summed E-state index contributed by atoms with van der Waals surface area (Å²) in [6.45, 7) is 1.75. The number of rotatable bonds is 4. The van der Waals surface area contributed by atoms with Crippen LogP contribution in [0.15, 0.2) is 24.3 Å². The molecule has 0 bridgehead atoms. The molecular weight excluding hydrogens is 206 g/mol. The van der Waals surface area contributed by atoms with Crippen LogP contribution in [0.4, 0.5) is 0 Å². The first kappa shape index (κ1) is 12.5. The number of aliphatic hydroxyl groups is 1. The summed E-state index contributed by atoms with van der Waals surface area (Å²) in [7, 11) is 3.24. The van der Waals surface area contributed by atoms with Crippen LogP contribution in [-0.4, -0.2) is 36.6 Å². The normalized spacial score (nSPS) is 12.0. The lowest BCUT2D eigenvalue weighted by molar-refractivity contribution is -0.128. The van der Waals surface area contributed by atoms with Crippen LogP contribution in [0.3, 0.4) is 0 Å². The summed E-state index contributed by atoms with van der Waals surface area (Å²) in [4.78, 5) is 12.5. The molecule has 1 rings (SSSR count). The van der Waals surface area contributed by atoms with E-state index in [1.807, 2.05) is 12.1 Å². The largest absolute Gasteiger partial charge is 0.497 e. The number of benzene rings is 1. The van der Waals surface area contributed by atoms with E-state index >= 15 is 0 Å². The molecule has 0 aromatic heterocycles. The van der Waals surface area contributed by atoms with Crippen LogP contribution >= 0.6 is 0 Å². The zero-order chi connectivity index (χ0) is 12.1. The van der Waals surface area contributed by atoms with E-state index in [9.17, 15) is 9.90 Å². The van der Waals surface area contributed by atoms with Crippen LogP contribution < -0.4 is 4.74 Å². The molecule has 0 spiro atoms. The van der Waals surface area contributed by atoms with Gasteiger partial charge < -0.3 is 14.7 Å². The first-order valence-electron chi connectivity index (χ1n) is 5.08. The van der Waals surface area contributed by atoms with Crippen molar-refractivity contribution < 1.29 is 14.6 Å². The molecule has 0 aliphatic rings. The van der Waals surface area contributed by atoms with E-state index in [4.69, 9.17) is 4.74 Å². The number of ether oxygens (including phenoxy) is 1. The topological polar surface area (TPSA) is 49.8 Å². The Hall–Kier alpha value is -1.55. The molecular formula is C12H17NO3. The van der Waals surface area contributed by atoms with Gasteiger partial charge in [0.15, 0.2) is 0 Å². The van der Waals surface area contributed by atoms with Crippen molar-refractivity contribution in [2.24, 2.45) is 0 Å². The van der Waals surface area contributed by atoms with E-state index in [0.717, 1.165) is 5.56 Å². The van der Waals surface area contributed by atoms with E-state index in [-0.39, 0.29) is 12.5 Å². The molecule has 0 unspecified atom stereocenters. The predicted octanol–water partition coefficient (Wildman–Crippen LogP) is 1.21. The van der Waals surface area contributed by atoms with Crippen molar-refractivity contribution >= 4 is 5.91 Å². The maximum absolute atomic E-state index is 11.0. The molecule has 0 aliphatic heterocycles. The van der Waals surface area contributed by atoms with Gasteiger partial charge in [-0.15, -0.1) is 0 Å². The molecule has 0 saturated heterocycles. The number of aliphatic hydroxyl groups excluding tert-OH is 1. The zero-order valence-electron chi connectivity index (χ0n) is 9.80. The fourth-order valence-electron chi connectivity index (χ4n) is 1.34. The summed E-state index contributed by atoms with van der Waals surface area (Å²) in [5.74, 6) is 0.629. The Morgan fingerprint density at radius 2 is 2.25 bits per heavy atom. The van der Waals surface area contributed by atoms with E-state index in [1.54, 1.807) is 26.3 Å². The molecule has 0 radical (unpaired) electrons. The quantitative estimate of drug-likeness (QED) is 0.834. The Bertz CT molecular complexity index is 365. The molecule has 0 saturated carbocycles. The van der Waals surface area contributed by atoms with Crippen LogP contribution in [-0.2, 0) is 4.79 Å². The number of nitrogens with zero attached hydrogens (tertiary/aromatic N) is 1. The third-order valence-corrected chi connectivity index (χ3v) is 2.46. The number of hydrogen-bond donors (Lipinski definition) is 1. The number of hydrogen-bond acceptors (Lipinski definition) is 3. The standard InChI is InChI=1S/C12H17NO3/c1-9(14)13(2)8-12(15)10-5-4-6-11(7-10)16-3/h4-7,12,15H,8H2,1-3H3/t12-/m1/s1. The molecule has 4 nitrogen and oxygen atoms in total. The van der Waals surface area contributed by atoms with Crippen molar-refractivity contribution in [2.75, 3.05) is 20.7 Å². The monoisotopic (exact) mass is 223 g/mol. The SMILES string of the molecule is COc1cccc([C@H](O)CN(C)C(C)=O)c1. The van der Waals surface area contributed by atoms with Gasteiger partial charge in [0.2, 0.25) is 5.91 Å². The molecule has 1 atom stereocenters.